The van der Waals surface area contributed by atoms with E-state index >= 15 is 0 Å². The average Bonchev–Trinajstić information content (AvgIpc) is 2.69. The van der Waals surface area contributed by atoms with E-state index in [1.807, 2.05) is 36.7 Å². The second-order valence-corrected chi connectivity index (χ2v) is 7.22. The molecule has 0 fully saturated rings. The number of rotatable bonds is 8. The highest BCUT2D eigenvalue weighted by Gasteiger charge is 2.06. The lowest BCUT2D eigenvalue weighted by molar-refractivity contribution is -0.116. The SMILES string of the molecule is C=C(Cc1cnc(-c2ccc(CC(C)=O)cc2)nc1)c1ccc(CCC)cc1. The molecule has 0 aliphatic carbocycles. The minimum atomic E-state index is 0.161. The van der Waals surface area contributed by atoms with E-state index in [0.29, 0.717) is 12.2 Å². The van der Waals surface area contributed by atoms with Crippen molar-refractivity contribution >= 4 is 11.4 Å². The maximum atomic E-state index is 11.2. The van der Waals surface area contributed by atoms with Crippen LogP contribution >= 0.6 is 0 Å². The summed E-state index contributed by atoms with van der Waals surface area (Å²) in [7, 11) is 0. The Labute approximate surface area is 167 Å². The summed E-state index contributed by atoms with van der Waals surface area (Å²) in [5.41, 5.74) is 6.58. The third-order valence-electron chi connectivity index (χ3n) is 4.69. The molecule has 0 saturated carbocycles. The Morgan fingerprint density at radius 1 is 0.857 bits per heavy atom. The lowest BCUT2D eigenvalue weighted by Gasteiger charge is -2.08. The van der Waals surface area contributed by atoms with Crippen LogP contribution < -0.4 is 0 Å². The first-order valence-electron chi connectivity index (χ1n) is 9.72. The molecule has 3 aromatic rings. The minimum absolute atomic E-state index is 0.161. The normalized spacial score (nSPS) is 10.6. The van der Waals surface area contributed by atoms with Crippen LogP contribution in [-0.4, -0.2) is 15.8 Å². The van der Waals surface area contributed by atoms with Crippen molar-refractivity contribution in [2.75, 3.05) is 0 Å². The second-order valence-electron chi connectivity index (χ2n) is 7.22. The molecule has 2 aromatic carbocycles. The summed E-state index contributed by atoms with van der Waals surface area (Å²) in [5, 5.41) is 0. The summed E-state index contributed by atoms with van der Waals surface area (Å²) in [6, 6.07) is 16.5. The van der Waals surface area contributed by atoms with E-state index in [4.69, 9.17) is 0 Å². The van der Waals surface area contributed by atoms with Crippen LogP contribution in [0.1, 0.15) is 42.5 Å². The summed E-state index contributed by atoms with van der Waals surface area (Å²) in [5.74, 6) is 0.848. The number of Topliss-reactive ketones (excluding diaryl/α,β-unsaturated/α-hetero) is 1. The highest BCUT2D eigenvalue weighted by Crippen LogP contribution is 2.20. The summed E-state index contributed by atoms with van der Waals surface area (Å²) in [6.07, 6.45) is 7.18. The molecular formula is C25H26N2O. The second kappa shape index (κ2) is 9.23. The molecule has 142 valence electrons. The van der Waals surface area contributed by atoms with Gasteiger partial charge in [0.15, 0.2) is 5.82 Å². The van der Waals surface area contributed by atoms with E-state index in [2.05, 4.69) is 47.7 Å². The summed E-state index contributed by atoms with van der Waals surface area (Å²) in [4.78, 5) is 20.2. The zero-order chi connectivity index (χ0) is 19.9. The smallest absolute Gasteiger partial charge is 0.159 e. The average molecular weight is 370 g/mol. The van der Waals surface area contributed by atoms with Crippen LogP contribution in [0.15, 0.2) is 67.5 Å². The molecule has 0 aliphatic heterocycles. The Balaban J connectivity index is 1.65. The first kappa shape index (κ1) is 19.7. The molecule has 1 heterocycles. The quantitative estimate of drug-likeness (QED) is 0.527. The van der Waals surface area contributed by atoms with Crippen molar-refractivity contribution in [2.45, 2.75) is 39.5 Å². The number of hydrogen-bond donors (Lipinski definition) is 0. The minimum Gasteiger partial charge on any atom is -0.300 e. The summed E-state index contributed by atoms with van der Waals surface area (Å²) >= 11 is 0. The molecule has 28 heavy (non-hydrogen) atoms. The molecule has 1 aromatic heterocycles. The molecule has 0 spiro atoms. The molecule has 0 atom stereocenters. The van der Waals surface area contributed by atoms with Gasteiger partial charge in [0.05, 0.1) is 0 Å². The molecule has 0 N–H and O–H groups in total. The monoisotopic (exact) mass is 370 g/mol. The number of allylic oxidation sites excluding steroid dienone is 1. The van der Waals surface area contributed by atoms with Gasteiger partial charge < -0.3 is 0 Å². The molecular weight excluding hydrogens is 344 g/mol. The Kier molecular flexibility index (Phi) is 6.49. The highest BCUT2D eigenvalue weighted by atomic mass is 16.1. The van der Waals surface area contributed by atoms with Crippen molar-refractivity contribution in [3.63, 3.8) is 0 Å². The third-order valence-corrected chi connectivity index (χ3v) is 4.69. The van der Waals surface area contributed by atoms with E-state index in [9.17, 15) is 4.79 Å². The molecule has 0 bridgehead atoms. The van der Waals surface area contributed by atoms with Crippen molar-refractivity contribution < 1.29 is 4.79 Å². The van der Waals surface area contributed by atoms with Gasteiger partial charge in [-0.15, -0.1) is 0 Å². The number of nitrogens with zero attached hydrogens (tertiary/aromatic N) is 2. The van der Waals surface area contributed by atoms with E-state index < -0.39 is 0 Å². The van der Waals surface area contributed by atoms with Crippen LogP contribution in [0.4, 0.5) is 0 Å². The predicted octanol–water partition coefficient (Wildman–Crippen LogP) is 5.48. The van der Waals surface area contributed by atoms with Gasteiger partial charge >= 0.3 is 0 Å². The molecule has 0 unspecified atom stereocenters. The van der Waals surface area contributed by atoms with Crippen molar-refractivity contribution in [2.24, 2.45) is 0 Å². The largest absolute Gasteiger partial charge is 0.300 e. The Hall–Kier alpha value is -3.07. The van der Waals surface area contributed by atoms with Crippen LogP contribution in [0.5, 0.6) is 0 Å². The van der Waals surface area contributed by atoms with E-state index in [1.54, 1.807) is 6.92 Å². The first-order chi connectivity index (χ1) is 13.5. The van der Waals surface area contributed by atoms with Crippen molar-refractivity contribution in [1.82, 2.24) is 9.97 Å². The van der Waals surface area contributed by atoms with Gasteiger partial charge in [-0.1, -0.05) is 68.5 Å². The zero-order valence-corrected chi connectivity index (χ0v) is 16.6. The van der Waals surface area contributed by atoms with Crippen molar-refractivity contribution in [1.29, 1.82) is 0 Å². The Morgan fingerprint density at radius 2 is 1.46 bits per heavy atom. The number of carbonyl (C=O) groups is 1. The van der Waals surface area contributed by atoms with Gasteiger partial charge in [-0.05, 0) is 41.2 Å². The third kappa shape index (κ3) is 5.23. The molecule has 0 aliphatic rings. The Morgan fingerprint density at radius 3 is 2.04 bits per heavy atom. The van der Waals surface area contributed by atoms with Gasteiger partial charge in [0, 0.05) is 30.8 Å². The molecule has 3 rings (SSSR count). The standard InChI is InChI=1S/C25H26N2O/c1-4-5-20-6-10-23(11-7-20)18(2)14-22-16-26-25(27-17-22)24-12-8-21(9-13-24)15-19(3)28/h6-13,16-17H,2,4-5,14-15H2,1,3H3. The molecule has 3 nitrogen and oxygen atoms in total. The van der Waals surface area contributed by atoms with Crippen molar-refractivity contribution in [3.8, 4) is 11.4 Å². The highest BCUT2D eigenvalue weighted by molar-refractivity contribution is 5.78. The molecule has 3 heteroatoms. The number of carbonyl (C=O) groups excluding carboxylic acids is 1. The van der Waals surface area contributed by atoms with E-state index in [1.165, 1.54) is 5.56 Å². The first-order valence-corrected chi connectivity index (χ1v) is 9.72. The summed E-state index contributed by atoms with van der Waals surface area (Å²) < 4.78 is 0. The number of aryl methyl sites for hydroxylation is 1. The van der Waals surface area contributed by atoms with Crippen LogP contribution in [-0.2, 0) is 24.1 Å². The number of aromatic nitrogens is 2. The molecule has 0 radical (unpaired) electrons. The van der Waals surface area contributed by atoms with Crippen LogP contribution in [0, 0.1) is 0 Å². The van der Waals surface area contributed by atoms with Crippen molar-refractivity contribution in [3.05, 3.63) is 89.8 Å². The molecule has 0 amide bonds. The van der Waals surface area contributed by atoms with Crippen LogP contribution in [0.25, 0.3) is 17.0 Å². The van der Waals surface area contributed by atoms with E-state index in [0.717, 1.165) is 47.1 Å². The van der Waals surface area contributed by atoms with Gasteiger partial charge in [0.25, 0.3) is 0 Å². The number of benzene rings is 2. The lowest BCUT2D eigenvalue weighted by Crippen LogP contribution is -1.97. The Bertz CT molecular complexity index is 939. The predicted molar refractivity (Wildman–Crippen MR) is 115 cm³/mol. The number of ketones is 1. The fourth-order valence-corrected chi connectivity index (χ4v) is 3.20. The summed E-state index contributed by atoms with van der Waals surface area (Å²) in [6.45, 7) is 8.02. The van der Waals surface area contributed by atoms with Gasteiger partial charge in [0.1, 0.15) is 5.78 Å². The van der Waals surface area contributed by atoms with Crippen LogP contribution in [0.2, 0.25) is 0 Å². The van der Waals surface area contributed by atoms with Gasteiger partial charge in [-0.3, -0.25) is 4.79 Å². The maximum absolute atomic E-state index is 11.2. The van der Waals surface area contributed by atoms with Gasteiger partial charge in [0.2, 0.25) is 0 Å². The lowest BCUT2D eigenvalue weighted by atomic mass is 9.99. The van der Waals surface area contributed by atoms with Gasteiger partial charge in [-0.2, -0.15) is 0 Å². The fourth-order valence-electron chi connectivity index (χ4n) is 3.20. The maximum Gasteiger partial charge on any atom is 0.159 e. The number of hydrogen-bond acceptors (Lipinski definition) is 3. The van der Waals surface area contributed by atoms with Gasteiger partial charge in [-0.25, -0.2) is 9.97 Å². The zero-order valence-electron chi connectivity index (χ0n) is 16.6. The van der Waals surface area contributed by atoms with Crippen LogP contribution in [0.3, 0.4) is 0 Å². The van der Waals surface area contributed by atoms with E-state index in [-0.39, 0.29) is 5.78 Å². The topological polar surface area (TPSA) is 42.9 Å². The molecule has 0 saturated heterocycles. The fraction of sp³-hybridized carbons (Fsp3) is 0.240.